The van der Waals surface area contributed by atoms with Gasteiger partial charge in [-0.05, 0) is 30.3 Å². The third-order valence-corrected chi connectivity index (χ3v) is 6.75. The molecule has 1 aromatic heterocycles. The summed E-state index contributed by atoms with van der Waals surface area (Å²) in [7, 11) is -3.86. The lowest BCUT2D eigenvalue weighted by molar-refractivity contribution is -0.118. The first kappa shape index (κ1) is 17.5. The van der Waals surface area contributed by atoms with Crippen molar-refractivity contribution >= 4 is 21.4 Å². The van der Waals surface area contributed by atoms with E-state index >= 15 is 0 Å². The van der Waals surface area contributed by atoms with E-state index in [-0.39, 0.29) is 29.3 Å². The number of furan rings is 1. The molecule has 4 rings (SSSR count). The van der Waals surface area contributed by atoms with Crippen LogP contribution in [0.2, 0.25) is 0 Å². The molecular weight excluding hydrogens is 369 g/mol. The quantitative estimate of drug-likeness (QED) is 0.686. The number of nitrogens with zero attached hydrogens (tertiary/aromatic N) is 1. The van der Waals surface area contributed by atoms with E-state index in [4.69, 9.17) is 4.42 Å². The number of carbonyl (C=O) groups is 1. The van der Waals surface area contributed by atoms with Crippen LogP contribution in [0.15, 0.2) is 76.2 Å². The van der Waals surface area contributed by atoms with Crippen molar-refractivity contribution in [3.63, 3.8) is 0 Å². The molecule has 5 nitrogen and oxygen atoms in total. The van der Waals surface area contributed by atoms with E-state index in [2.05, 4.69) is 0 Å². The first-order chi connectivity index (χ1) is 13.0. The molecule has 1 amide bonds. The van der Waals surface area contributed by atoms with Crippen LogP contribution in [0.25, 0.3) is 0 Å². The van der Waals surface area contributed by atoms with Gasteiger partial charge in [-0.3, -0.25) is 4.79 Å². The molecular formula is C20H16FNO4S. The molecule has 0 aliphatic carbocycles. The van der Waals surface area contributed by atoms with Gasteiger partial charge in [0, 0.05) is 5.56 Å². The Kier molecular flexibility index (Phi) is 4.31. The Morgan fingerprint density at radius 2 is 1.78 bits per heavy atom. The molecule has 0 N–H and O–H groups in total. The van der Waals surface area contributed by atoms with Crippen LogP contribution in [0, 0.1) is 5.82 Å². The fraction of sp³-hybridized carbons (Fsp3) is 0.150. The van der Waals surface area contributed by atoms with E-state index in [0.717, 1.165) is 0 Å². The lowest BCUT2D eigenvalue weighted by Crippen LogP contribution is -2.30. The minimum Gasteiger partial charge on any atom is -0.468 e. The highest BCUT2D eigenvalue weighted by Crippen LogP contribution is 2.41. The summed E-state index contributed by atoms with van der Waals surface area (Å²) in [5.74, 6) is -0.642. The van der Waals surface area contributed by atoms with E-state index in [1.54, 1.807) is 48.5 Å². The summed E-state index contributed by atoms with van der Waals surface area (Å²) in [6, 6.07) is 15.6. The molecule has 1 unspecified atom stereocenters. The normalized spacial score (nSPS) is 18.8. The van der Waals surface area contributed by atoms with E-state index < -0.39 is 26.8 Å². The molecule has 1 atom stereocenters. The van der Waals surface area contributed by atoms with Crippen molar-refractivity contribution in [2.45, 2.75) is 23.1 Å². The average Bonchev–Trinajstić information content (AvgIpc) is 3.17. The molecule has 2 aromatic carbocycles. The number of carbonyl (C=O) groups excluding carboxylic acids is 1. The summed E-state index contributed by atoms with van der Waals surface area (Å²) in [5.41, 5.74) is 0.564. The second-order valence-electron chi connectivity index (χ2n) is 6.29. The Labute approximate surface area is 156 Å². The lowest BCUT2D eigenvalue weighted by Gasteiger charge is -2.22. The Hall–Kier alpha value is -2.93. The third-order valence-electron chi connectivity index (χ3n) is 4.65. The van der Waals surface area contributed by atoms with Crippen LogP contribution in [0.1, 0.15) is 23.0 Å². The zero-order chi connectivity index (χ0) is 19.0. The zero-order valence-electron chi connectivity index (χ0n) is 14.2. The number of amides is 1. The summed E-state index contributed by atoms with van der Waals surface area (Å²) in [6.07, 6.45) is 1.10. The molecule has 7 heteroatoms. The van der Waals surface area contributed by atoms with Crippen molar-refractivity contribution < 1.29 is 22.0 Å². The largest absolute Gasteiger partial charge is 0.468 e. The molecule has 2 heterocycles. The molecule has 0 fully saturated rings. The maximum Gasteiger partial charge on any atom is 0.229 e. The highest BCUT2D eigenvalue weighted by atomic mass is 32.2. The molecule has 1 aliphatic heterocycles. The SMILES string of the molecule is O=C1CC(c2ccco2)S(=O)(=O)c2ccccc2N1Cc1ccccc1F. The van der Waals surface area contributed by atoms with Gasteiger partial charge < -0.3 is 9.32 Å². The molecule has 0 saturated heterocycles. The number of rotatable bonds is 3. The smallest absolute Gasteiger partial charge is 0.229 e. The maximum atomic E-state index is 14.1. The van der Waals surface area contributed by atoms with Crippen molar-refractivity contribution in [2.24, 2.45) is 0 Å². The lowest BCUT2D eigenvalue weighted by atomic mass is 10.1. The fourth-order valence-corrected chi connectivity index (χ4v) is 5.13. The van der Waals surface area contributed by atoms with Crippen molar-refractivity contribution in [2.75, 3.05) is 4.90 Å². The third kappa shape index (κ3) is 3.04. The van der Waals surface area contributed by atoms with Crippen LogP contribution >= 0.6 is 0 Å². The molecule has 1 aliphatic rings. The number of sulfone groups is 1. The topological polar surface area (TPSA) is 67.6 Å². The van der Waals surface area contributed by atoms with Gasteiger partial charge in [-0.2, -0.15) is 0 Å². The molecule has 138 valence electrons. The van der Waals surface area contributed by atoms with Crippen LogP contribution in [0.5, 0.6) is 0 Å². The van der Waals surface area contributed by atoms with E-state index in [9.17, 15) is 17.6 Å². The molecule has 0 bridgehead atoms. The highest BCUT2D eigenvalue weighted by molar-refractivity contribution is 7.91. The van der Waals surface area contributed by atoms with Gasteiger partial charge in [-0.1, -0.05) is 30.3 Å². The average molecular weight is 385 g/mol. The highest BCUT2D eigenvalue weighted by Gasteiger charge is 2.40. The Morgan fingerprint density at radius 1 is 1.04 bits per heavy atom. The standard InChI is InChI=1S/C20H16FNO4S/c21-15-7-2-1-6-14(15)13-22-16-8-3-4-10-18(16)27(24,25)19(12-20(22)23)17-9-5-11-26-17/h1-11,19H,12-13H2. The number of para-hydroxylation sites is 1. The second-order valence-corrected chi connectivity index (χ2v) is 8.39. The maximum absolute atomic E-state index is 14.1. The Bertz CT molecular complexity index is 1090. The van der Waals surface area contributed by atoms with Gasteiger partial charge in [0.05, 0.1) is 29.8 Å². The van der Waals surface area contributed by atoms with E-state index in [1.165, 1.54) is 23.3 Å². The van der Waals surface area contributed by atoms with Gasteiger partial charge in [-0.15, -0.1) is 0 Å². The predicted octanol–water partition coefficient (Wildman–Crippen LogP) is 3.87. The minimum absolute atomic E-state index is 0.0357. The monoisotopic (exact) mass is 385 g/mol. The van der Waals surface area contributed by atoms with Crippen LogP contribution in [0.3, 0.4) is 0 Å². The van der Waals surface area contributed by atoms with Gasteiger partial charge >= 0.3 is 0 Å². The van der Waals surface area contributed by atoms with Gasteiger partial charge in [0.2, 0.25) is 5.91 Å². The van der Waals surface area contributed by atoms with Crippen molar-refractivity contribution in [1.29, 1.82) is 0 Å². The summed E-state index contributed by atoms with van der Waals surface area (Å²) in [6.45, 7) is -0.0527. The number of anilines is 1. The van der Waals surface area contributed by atoms with Crippen LogP contribution in [0.4, 0.5) is 10.1 Å². The summed E-state index contributed by atoms with van der Waals surface area (Å²) < 4.78 is 45.9. The van der Waals surface area contributed by atoms with E-state index in [0.29, 0.717) is 5.56 Å². The summed E-state index contributed by atoms with van der Waals surface area (Å²) in [4.78, 5) is 14.3. The Morgan fingerprint density at radius 3 is 2.52 bits per heavy atom. The number of benzene rings is 2. The molecule has 27 heavy (non-hydrogen) atoms. The first-order valence-corrected chi connectivity index (χ1v) is 9.93. The summed E-state index contributed by atoms with van der Waals surface area (Å²) >= 11 is 0. The number of fused-ring (bicyclic) bond motifs is 1. The molecule has 3 aromatic rings. The fourth-order valence-electron chi connectivity index (χ4n) is 3.29. The first-order valence-electron chi connectivity index (χ1n) is 8.38. The van der Waals surface area contributed by atoms with Crippen molar-refractivity contribution in [3.05, 3.63) is 84.1 Å². The van der Waals surface area contributed by atoms with Gasteiger partial charge in [0.15, 0.2) is 9.84 Å². The van der Waals surface area contributed by atoms with Crippen LogP contribution in [-0.2, 0) is 21.2 Å². The van der Waals surface area contributed by atoms with E-state index in [1.807, 2.05) is 0 Å². The molecule has 0 spiro atoms. The van der Waals surface area contributed by atoms with Crippen molar-refractivity contribution in [1.82, 2.24) is 0 Å². The summed E-state index contributed by atoms with van der Waals surface area (Å²) in [5, 5.41) is -1.12. The minimum atomic E-state index is -3.86. The zero-order valence-corrected chi connectivity index (χ0v) is 15.0. The number of hydrogen-bond acceptors (Lipinski definition) is 4. The predicted molar refractivity (Wildman–Crippen MR) is 97.3 cm³/mol. The van der Waals surface area contributed by atoms with Crippen LogP contribution < -0.4 is 4.90 Å². The van der Waals surface area contributed by atoms with Crippen molar-refractivity contribution in [3.8, 4) is 0 Å². The Balaban J connectivity index is 1.85. The second kappa shape index (κ2) is 6.66. The molecule has 0 saturated carbocycles. The van der Waals surface area contributed by atoms with Gasteiger partial charge in [0.1, 0.15) is 16.8 Å². The number of halogens is 1. The van der Waals surface area contributed by atoms with Crippen LogP contribution in [-0.4, -0.2) is 14.3 Å². The van der Waals surface area contributed by atoms with Gasteiger partial charge in [-0.25, -0.2) is 12.8 Å². The molecule has 0 radical (unpaired) electrons. The van der Waals surface area contributed by atoms with Gasteiger partial charge in [0.25, 0.3) is 0 Å². The number of hydrogen-bond donors (Lipinski definition) is 0.